The smallest absolute Gasteiger partial charge is 0.0847 e. The van der Waals surface area contributed by atoms with Crippen LogP contribution in [0.5, 0.6) is 0 Å². The monoisotopic (exact) mass is 277 g/mol. The van der Waals surface area contributed by atoms with Crippen LogP contribution in [0.15, 0.2) is 22.7 Å². The Labute approximate surface area is 97.4 Å². The molecule has 0 aliphatic carbocycles. The molecule has 4 heteroatoms. The van der Waals surface area contributed by atoms with Gasteiger partial charge in [-0.1, -0.05) is 22.0 Å². The zero-order valence-corrected chi connectivity index (χ0v) is 10.3. The lowest BCUT2D eigenvalue weighted by Gasteiger charge is -2.12. The molecule has 14 heavy (non-hydrogen) atoms. The van der Waals surface area contributed by atoms with Crippen LogP contribution in [-0.2, 0) is 0 Å². The molecule has 0 fully saturated rings. The van der Waals surface area contributed by atoms with Gasteiger partial charge in [0.05, 0.1) is 12.0 Å². The molecule has 78 valence electrons. The van der Waals surface area contributed by atoms with Crippen LogP contribution >= 0.6 is 27.5 Å². The maximum Gasteiger partial charge on any atom is 0.0847 e. The number of hydrogen-bond donors (Lipinski definition) is 2. The number of nitrogens with one attached hydrogen (secondary N) is 1. The maximum absolute atomic E-state index is 9.27. The highest BCUT2D eigenvalue weighted by Gasteiger charge is 2.03. The first kappa shape index (κ1) is 11.8. The van der Waals surface area contributed by atoms with E-state index in [0.29, 0.717) is 6.54 Å². The van der Waals surface area contributed by atoms with Crippen molar-refractivity contribution in [3.05, 3.63) is 28.2 Å². The van der Waals surface area contributed by atoms with Gasteiger partial charge in [0, 0.05) is 16.7 Å². The van der Waals surface area contributed by atoms with Gasteiger partial charge in [-0.05, 0) is 24.6 Å². The summed E-state index contributed by atoms with van der Waals surface area (Å²) in [6.45, 7) is 2.49. The van der Waals surface area contributed by atoms with E-state index in [9.17, 15) is 5.11 Å². The summed E-state index contributed by atoms with van der Waals surface area (Å²) < 4.78 is 1.02. The van der Waals surface area contributed by atoms with Crippen molar-refractivity contribution >= 4 is 33.2 Å². The standard InChI is InChI=1S/C10H13BrClNO/c1-7-2-3-8(11)4-10(7)13-6-9(14)5-12/h2-4,9,13-14H,5-6H2,1H3. The Hall–Kier alpha value is -0.250. The predicted octanol–water partition coefficient (Wildman–Crippen LogP) is 2.77. The minimum atomic E-state index is -0.505. The lowest BCUT2D eigenvalue weighted by atomic mass is 10.2. The second-order valence-electron chi connectivity index (χ2n) is 3.15. The van der Waals surface area contributed by atoms with Gasteiger partial charge in [0.15, 0.2) is 0 Å². The van der Waals surface area contributed by atoms with Gasteiger partial charge in [0.25, 0.3) is 0 Å². The quantitative estimate of drug-likeness (QED) is 0.830. The fraction of sp³-hybridized carbons (Fsp3) is 0.400. The van der Waals surface area contributed by atoms with Crippen LogP contribution < -0.4 is 5.32 Å². The summed E-state index contributed by atoms with van der Waals surface area (Å²) in [6.07, 6.45) is -0.505. The van der Waals surface area contributed by atoms with Crippen LogP contribution in [0, 0.1) is 6.92 Å². The van der Waals surface area contributed by atoms with Gasteiger partial charge in [0.1, 0.15) is 0 Å². The van der Waals surface area contributed by atoms with Crippen LogP contribution in [0.3, 0.4) is 0 Å². The van der Waals surface area contributed by atoms with E-state index in [4.69, 9.17) is 11.6 Å². The van der Waals surface area contributed by atoms with E-state index < -0.39 is 6.10 Å². The van der Waals surface area contributed by atoms with Crippen LogP contribution in [0.25, 0.3) is 0 Å². The largest absolute Gasteiger partial charge is 0.390 e. The molecule has 1 aromatic carbocycles. The fourth-order valence-electron chi connectivity index (χ4n) is 1.07. The maximum atomic E-state index is 9.27. The molecule has 0 saturated carbocycles. The molecule has 0 radical (unpaired) electrons. The second kappa shape index (κ2) is 5.59. The Morgan fingerprint density at radius 2 is 2.29 bits per heavy atom. The summed E-state index contributed by atoms with van der Waals surface area (Å²) in [5.41, 5.74) is 2.17. The summed E-state index contributed by atoms with van der Waals surface area (Å²) in [7, 11) is 0. The number of hydrogen-bond acceptors (Lipinski definition) is 2. The Kier molecular flexibility index (Phi) is 4.72. The van der Waals surface area contributed by atoms with E-state index in [1.165, 1.54) is 0 Å². The number of aliphatic hydroxyl groups excluding tert-OH is 1. The molecule has 0 amide bonds. The Morgan fingerprint density at radius 1 is 1.57 bits per heavy atom. The first-order valence-corrected chi connectivity index (χ1v) is 5.70. The third-order valence-corrected chi connectivity index (χ3v) is 2.76. The molecule has 1 rings (SSSR count). The van der Waals surface area contributed by atoms with Gasteiger partial charge >= 0.3 is 0 Å². The number of rotatable bonds is 4. The summed E-state index contributed by atoms with van der Waals surface area (Å²) in [5, 5.41) is 12.4. The molecule has 0 saturated heterocycles. The lowest BCUT2D eigenvalue weighted by Crippen LogP contribution is -2.21. The van der Waals surface area contributed by atoms with E-state index >= 15 is 0 Å². The SMILES string of the molecule is Cc1ccc(Br)cc1NCC(O)CCl. The zero-order chi connectivity index (χ0) is 10.6. The van der Waals surface area contributed by atoms with Gasteiger partial charge < -0.3 is 10.4 Å². The number of halogens is 2. The zero-order valence-electron chi connectivity index (χ0n) is 7.93. The van der Waals surface area contributed by atoms with Crippen molar-refractivity contribution in [2.24, 2.45) is 0 Å². The molecule has 0 heterocycles. The molecule has 0 aliphatic rings. The van der Waals surface area contributed by atoms with Crippen LogP contribution in [0.1, 0.15) is 5.56 Å². The van der Waals surface area contributed by atoms with Crippen molar-refractivity contribution in [1.82, 2.24) is 0 Å². The van der Waals surface area contributed by atoms with Crippen LogP contribution in [0.4, 0.5) is 5.69 Å². The Balaban J connectivity index is 2.62. The van der Waals surface area contributed by atoms with Crippen molar-refractivity contribution in [1.29, 1.82) is 0 Å². The summed E-state index contributed by atoms with van der Waals surface area (Å²) in [4.78, 5) is 0. The predicted molar refractivity (Wildman–Crippen MR) is 64.1 cm³/mol. The second-order valence-corrected chi connectivity index (χ2v) is 4.37. The van der Waals surface area contributed by atoms with Crippen LogP contribution in [-0.4, -0.2) is 23.6 Å². The molecule has 1 aromatic rings. The summed E-state index contributed by atoms with van der Waals surface area (Å²) >= 11 is 8.88. The Bertz CT molecular complexity index is 306. The number of aliphatic hydroxyl groups is 1. The van der Waals surface area contributed by atoms with Crippen molar-refractivity contribution in [2.75, 3.05) is 17.7 Å². The average molecular weight is 279 g/mol. The summed E-state index contributed by atoms with van der Waals surface area (Å²) in [5.74, 6) is 0.250. The first-order valence-electron chi connectivity index (χ1n) is 4.37. The van der Waals surface area contributed by atoms with E-state index in [-0.39, 0.29) is 5.88 Å². The van der Waals surface area contributed by atoms with Crippen LogP contribution in [0.2, 0.25) is 0 Å². The van der Waals surface area contributed by atoms with Gasteiger partial charge in [-0.2, -0.15) is 0 Å². The van der Waals surface area contributed by atoms with E-state index in [0.717, 1.165) is 15.7 Å². The van der Waals surface area contributed by atoms with Gasteiger partial charge in [-0.15, -0.1) is 11.6 Å². The molecule has 0 spiro atoms. The molecular formula is C10H13BrClNO. The van der Waals surface area contributed by atoms with Crippen molar-refractivity contribution in [3.63, 3.8) is 0 Å². The average Bonchev–Trinajstić information content (AvgIpc) is 2.19. The van der Waals surface area contributed by atoms with Gasteiger partial charge in [0.2, 0.25) is 0 Å². The molecule has 2 nitrogen and oxygen atoms in total. The molecule has 2 N–H and O–H groups in total. The number of alkyl halides is 1. The van der Waals surface area contributed by atoms with E-state index in [1.807, 2.05) is 25.1 Å². The lowest BCUT2D eigenvalue weighted by molar-refractivity contribution is 0.211. The Morgan fingerprint density at radius 3 is 2.93 bits per heavy atom. The van der Waals surface area contributed by atoms with Crippen molar-refractivity contribution < 1.29 is 5.11 Å². The molecule has 0 aliphatic heterocycles. The molecule has 1 unspecified atom stereocenters. The van der Waals surface area contributed by atoms with Crippen molar-refractivity contribution in [3.8, 4) is 0 Å². The molecule has 1 atom stereocenters. The molecule has 0 aromatic heterocycles. The third-order valence-electron chi connectivity index (χ3n) is 1.91. The third kappa shape index (κ3) is 3.48. The summed E-state index contributed by atoms with van der Waals surface area (Å²) in [6, 6.07) is 5.98. The van der Waals surface area contributed by atoms with E-state index in [2.05, 4.69) is 21.2 Å². The minimum Gasteiger partial charge on any atom is -0.390 e. The highest BCUT2D eigenvalue weighted by molar-refractivity contribution is 9.10. The number of benzene rings is 1. The van der Waals surface area contributed by atoms with Gasteiger partial charge in [-0.25, -0.2) is 0 Å². The van der Waals surface area contributed by atoms with Crippen molar-refractivity contribution in [2.45, 2.75) is 13.0 Å². The van der Waals surface area contributed by atoms with E-state index in [1.54, 1.807) is 0 Å². The number of anilines is 1. The number of aryl methyl sites for hydroxylation is 1. The highest BCUT2D eigenvalue weighted by atomic mass is 79.9. The minimum absolute atomic E-state index is 0.250. The first-order chi connectivity index (χ1) is 6.63. The topological polar surface area (TPSA) is 32.3 Å². The molecular weight excluding hydrogens is 265 g/mol. The highest BCUT2D eigenvalue weighted by Crippen LogP contribution is 2.20. The fourth-order valence-corrected chi connectivity index (χ4v) is 1.54. The molecule has 0 bridgehead atoms. The normalized spacial score (nSPS) is 12.6. The van der Waals surface area contributed by atoms with Gasteiger partial charge in [-0.3, -0.25) is 0 Å².